The van der Waals surface area contributed by atoms with Crippen molar-refractivity contribution in [3.63, 3.8) is 0 Å². The number of halogens is 1. The third kappa shape index (κ3) is 8.35. The van der Waals surface area contributed by atoms with E-state index in [1.165, 1.54) is 25.9 Å². The van der Waals surface area contributed by atoms with Crippen LogP contribution in [0.1, 0.15) is 44.9 Å². The van der Waals surface area contributed by atoms with Crippen LogP contribution in [0.5, 0.6) is 0 Å². The van der Waals surface area contributed by atoms with Gasteiger partial charge >= 0.3 is 5.97 Å². The Morgan fingerprint density at radius 1 is 1.05 bits per heavy atom. The van der Waals surface area contributed by atoms with Crippen molar-refractivity contribution < 1.29 is 19.9 Å². The highest BCUT2D eigenvalue weighted by Gasteiger charge is 2.13. The van der Waals surface area contributed by atoms with Gasteiger partial charge in [-0.15, -0.1) is 12.4 Å². The lowest BCUT2D eigenvalue weighted by molar-refractivity contribution is -0.167. The summed E-state index contributed by atoms with van der Waals surface area (Å²) >= 11 is 0. The number of likely N-dealkylation sites (tertiary alicyclic amines) is 1. The SMILES string of the molecule is Cl.O=C(O)CCN(O)C(=O)CCCCCN1CCCC1. The third-order valence-corrected chi connectivity index (χ3v) is 3.39. The highest BCUT2D eigenvalue weighted by molar-refractivity contribution is 5.85. The van der Waals surface area contributed by atoms with Crippen molar-refractivity contribution in [1.82, 2.24) is 9.96 Å². The summed E-state index contributed by atoms with van der Waals surface area (Å²) in [5.41, 5.74) is 0. The predicted octanol–water partition coefficient (Wildman–Crippen LogP) is 1.76. The van der Waals surface area contributed by atoms with Gasteiger partial charge in [-0.2, -0.15) is 0 Å². The molecule has 118 valence electrons. The average molecular weight is 309 g/mol. The predicted molar refractivity (Wildman–Crippen MR) is 77.1 cm³/mol. The number of hydroxylamine groups is 2. The van der Waals surface area contributed by atoms with Crippen LogP contribution in [0, 0.1) is 0 Å². The summed E-state index contributed by atoms with van der Waals surface area (Å²) in [5.74, 6) is -1.40. The van der Waals surface area contributed by atoms with E-state index >= 15 is 0 Å². The van der Waals surface area contributed by atoms with Crippen molar-refractivity contribution >= 4 is 24.3 Å². The van der Waals surface area contributed by atoms with Gasteiger partial charge in [0, 0.05) is 6.42 Å². The van der Waals surface area contributed by atoms with Gasteiger partial charge in [0.15, 0.2) is 0 Å². The lowest BCUT2D eigenvalue weighted by Gasteiger charge is -2.15. The van der Waals surface area contributed by atoms with Gasteiger partial charge in [-0.3, -0.25) is 14.8 Å². The normalized spacial score (nSPS) is 14.8. The van der Waals surface area contributed by atoms with Crippen LogP contribution >= 0.6 is 12.4 Å². The molecule has 0 spiro atoms. The fourth-order valence-corrected chi connectivity index (χ4v) is 2.25. The molecular formula is C13H25ClN2O4. The number of carboxylic acids is 1. The molecule has 0 aromatic carbocycles. The second-order valence-corrected chi connectivity index (χ2v) is 5.02. The van der Waals surface area contributed by atoms with Gasteiger partial charge in [-0.05, 0) is 45.3 Å². The smallest absolute Gasteiger partial charge is 0.305 e. The van der Waals surface area contributed by atoms with Gasteiger partial charge in [0.25, 0.3) is 0 Å². The highest BCUT2D eigenvalue weighted by atomic mass is 35.5. The summed E-state index contributed by atoms with van der Waals surface area (Å²) in [6, 6.07) is 0. The van der Waals surface area contributed by atoms with E-state index in [2.05, 4.69) is 4.90 Å². The van der Waals surface area contributed by atoms with Gasteiger partial charge in [0.05, 0.1) is 13.0 Å². The second-order valence-electron chi connectivity index (χ2n) is 5.02. The van der Waals surface area contributed by atoms with Crippen LogP contribution < -0.4 is 0 Å². The minimum Gasteiger partial charge on any atom is -0.481 e. The Labute approximate surface area is 126 Å². The molecule has 0 atom stereocenters. The van der Waals surface area contributed by atoms with Gasteiger partial charge in [0.2, 0.25) is 5.91 Å². The number of carbonyl (C=O) groups excluding carboxylic acids is 1. The van der Waals surface area contributed by atoms with E-state index in [-0.39, 0.29) is 37.7 Å². The van der Waals surface area contributed by atoms with E-state index < -0.39 is 5.97 Å². The van der Waals surface area contributed by atoms with E-state index in [1.54, 1.807) is 0 Å². The number of hydrogen-bond donors (Lipinski definition) is 2. The summed E-state index contributed by atoms with van der Waals surface area (Å²) < 4.78 is 0. The summed E-state index contributed by atoms with van der Waals surface area (Å²) in [6.45, 7) is 3.34. The van der Waals surface area contributed by atoms with E-state index in [0.29, 0.717) is 5.06 Å². The van der Waals surface area contributed by atoms with Gasteiger partial charge in [-0.1, -0.05) is 6.42 Å². The zero-order valence-electron chi connectivity index (χ0n) is 11.8. The van der Waals surface area contributed by atoms with Crippen LogP contribution in [0.4, 0.5) is 0 Å². The van der Waals surface area contributed by atoms with Crippen molar-refractivity contribution in [2.75, 3.05) is 26.2 Å². The molecule has 6 nitrogen and oxygen atoms in total. The van der Waals surface area contributed by atoms with Crippen molar-refractivity contribution in [2.24, 2.45) is 0 Å². The highest BCUT2D eigenvalue weighted by Crippen LogP contribution is 2.10. The molecule has 0 aliphatic carbocycles. The number of rotatable bonds is 9. The number of amides is 1. The molecule has 7 heteroatoms. The van der Waals surface area contributed by atoms with E-state index in [9.17, 15) is 14.8 Å². The summed E-state index contributed by atoms with van der Waals surface area (Å²) in [5, 5.41) is 18.3. The summed E-state index contributed by atoms with van der Waals surface area (Å²) in [7, 11) is 0. The first-order valence-corrected chi connectivity index (χ1v) is 7.03. The topological polar surface area (TPSA) is 81.1 Å². The van der Waals surface area contributed by atoms with Crippen LogP contribution in [0.15, 0.2) is 0 Å². The Kier molecular flexibility index (Phi) is 10.4. The van der Waals surface area contributed by atoms with Crippen molar-refractivity contribution in [2.45, 2.75) is 44.9 Å². The Hall–Kier alpha value is -0.850. The molecule has 1 saturated heterocycles. The van der Waals surface area contributed by atoms with E-state index in [4.69, 9.17) is 5.11 Å². The van der Waals surface area contributed by atoms with Crippen LogP contribution in [0.3, 0.4) is 0 Å². The fraction of sp³-hybridized carbons (Fsp3) is 0.846. The maximum absolute atomic E-state index is 11.4. The van der Waals surface area contributed by atoms with Gasteiger partial charge in [0.1, 0.15) is 0 Å². The minimum atomic E-state index is -1.02. The Bertz CT molecular complexity index is 296. The number of nitrogens with zero attached hydrogens (tertiary/aromatic N) is 2. The molecule has 20 heavy (non-hydrogen) atoms. The first-order chi connectivity index (χ1) is 9.09. The quantitative estimate of drug-likeness (QED) is 0.385. The van der Waals surface area contributed by atoms with Crippen LogP contribution in [-0.2, 0) is 9.59 Å². The maximum atomic E-state index is 11.4. The largest absolute Gasteiger partial charge is 0.481 e. The molecule has 0 bridgehead atoms. The van der Waals surface area contributed by atoms with Crippen molar-refractivity contribution in [1.29, 1.82) is 0 Å². The molecule has 1 fully saturated rings. The zero-order valence-corrected chi connectivity index (χ0v) is 12.6. The molecule has 1 aliphatic rings. The van der Waals surface area contributed by atoms with Crippen molar-refractivity contribution in [3.05, 3.63) is 0 Å². The number of carboxylic acid groups (broad SMARTS) is 1. The molecule has 0 aromatic heterocycles. The van der Waals surface area contributed by atoms with Gasteiger partial charge in [-0.25, -0.2) is 5.06 Å². The number of unbranched alkanes of at least 4 members (excludes halogenated alkanes) is 2. The number of aliphatic carboxylic acids is 1. The number of carbonyl (C=O) groups is 2. The first-order valence-electron chi connectivity index (χ1n) is 7.03. The molecular weight excluding hydrogens is 284 g/mol. The van der Waals surface area contributed by atoms with Crippen LogP contribution in [-0.4, -0.2) is 58.3 Å². The average Bonchev–Trinajstić information content (AvgIpc) is 2.88. The molecule has 1 rings (SSSR count). The summed E-state index contributed by atoms with van der Waals surface area (Å²) in [4.78, 5) is 24.2. The lowest BCUT2D eigenvalue weighted by atomic mass is 10.2. The molecule has 0 unspecified atom stereocenters. The fourth-order valence-electron chi connectivity index (χ4n) is 2.25. The van der Waals surface area contributed by atoms with Crippen molar-refractivity contribution in [3.8, 4) is 0 Å². The Balaban J connectivity index is 0.00000361. The van der Waals surface area contributed by atoms with Gasteiger partial charge < -0.3 is 10.0 Å². The standard InChI is InChI=1S/C13H24N2O4.ClH/c16-12(15(19)11-7-13(17)18)6-2-1-3-8-14-9-4-5-10-14;/h19H,1-11H2,(H,17,18);1H. The third-order valence-electron chi connectivity index (χ3n) is 3.39. The van der Waals surface area contributed by atoms with E-state index in [0.717, 1.165) is 25.8 Å². The monoisotopic (exact) mass is 308 g/mol. The van der Waals surface area contributed by atoms with Crippen LogP contribution in [0.2, 0.25) is 0 Å². The molecule has 0 radical (unpaired) electrons. The Morgan fingerprint density at radius 2 is 1.70 bits per heavy atom. The van der Waals surface area contributed by atoms with E-state index in [1.807, 2.05) is 0 Å². The molecule has 1 aliphatic heterocycles. The maximum Gasteiger partial charge on any atom is 0.305 e. The lowest BCUT2D eigenvalue weighted by Crippen LogP contribution is -2.29. The van der Waals surface area contributed by atoms with Crippen LogP contribution in [0.25, 0.3) is 0 Å². The number of hydrogen-bond acceptors (Lipinski definition) is 4. The minimum absolute atomic E-state index is 0. The Morgan fingerprint density at radius 3 is 2.30 bits per heavy atom. The molecule has 0 saturated carbocycles. The molecule has 0 aromatic rings. The molecule has 1 heterocycles. The molecule has 2 N–H and O–H groups in total. The molecule has 1 amide bonds. The zero-order chi connectivity index (χ0) is 14.1. The second kappa shape index (κ2) is 10.9. The summed E-state index contributed by atoms with van der Waals surface area (Å²) in [6.07, 6.45) is 5.44. The first kappa shape index (κ1) is 19.1.